The molecule has 0 aliphatic carbocycles. The van der Waals surface area contributed by atoms with Gasteiger partial charge in [-0.1, -0.05) is 42.3 Å². The number of rotatable bonds is 12. The molecule has 0 unspecified atom stereocenters. The SMILES string of the molecule is CCCCN(C(=O)c1cccc(F)c1Cl)c1nnc(-c2ccc(OCCN3CCC(CC(=O)O)CC3)c(C(F)(F)F)c2)s1.Cl. The van der Waals surface area contributed by atoms with E-state index < -0.39 is 29.4 Å². The summed E-state index contributed by atoms with van der Waals surface area (Å²) < 4.78 is 61.7. The van der Waals surface area contributed by atoms with E-state index in [0.29, 0.717) is 26.1 Å². The molecule has 1 aliphatic rings. The van der Waals surface area contributed by atoms with Crippen molar-refractivity contribution in [3.63, 3.8) is 0 Å². The number of piperidine rings is 1. The third kappa shape index (κ3) is 9.02. The lowest BCUT2D eigenvalue weighted by Gasteiger charge is -2.31. The molecule has 0 atom stereocenters. The first-order valence-electron chi connectivity index (χ1n) is 13.9. The predicted molar refractivity (Wildman–Crippen MR) is 163 cm³/mol. The van der Waals surface area contributed by atoms with Gasteiger partial charge in [0.15, 0.2) is 0 Å². The van der Waals surface area contributed by atoms with Crippen LogP contribution in [0.1, 0.15) is 54.9 Å². The second-order valence-corrected chi connectivity index (χ2v) is 11.6. The molecule has 240 valence electrons. The summed E-state index contributed by atoms with van der Waals surface area (Å²) in [6.45, 7) is 3.93. The van der Waals surface area contributed by atoms with Crippen LogP contribution in [-0.4, -0.2) is 64.9 Å². The third-order valence-corrected chi connectivity index (χ3v) is 8.55. The van der Waals surface area contributed by atoms with Gasteiger partial charge in [-0.05, 0) is 68.6 Å². The number of carbonyl (C=O) groups excluding carboxylic acids is 1. The molecule has 4 rings (SSSR count). The van der Waals surface area contributed by atoms with Crippen LogP contribution in [0.25, 0.3) is 10.6 Å². The second kappa shape index (κ2) is 15.8. The standard InChI is InChI=1S/C29H31ClF4N4O4S.ClH/c1-2-3-11-38(27(41)20-5-4-6-22(31)25(20)30)28-36-35-26(43-28)19-7-8-23(21(17-19)29(32,33)34)42-15-14-37-12-9-18(10-13-37)16-24(39)40;/h4-8,17-18H,2-3,9-16H2,1H3,(H,39,40);1H. The van der Waals surface area contributed by atoms with E-state index in [1.807, 2.05) is 11.8 Å². The van der Waals surface area contributed by atoms with Crippen LogP contribution in [-0.2, 0) is 11.0 Å². The lowest BCUT2D eigenvalue weighted by atomic mass is 9.94. The van der Waals surface area contributed by atoms with Crippen LogP contribution >= 0.6 is 35.3 Å². The summed E-state index contributed by atoms with van der Waals surface area (Å²) in [6.07, 6.45) is -1.81. The zero-order chi connectivity index (χ0) is 31.1. The maximum Gasteiger partial charge on any atom is 0.419 e. The average molecular weight is 680 g/mol. The monoisotopic (exact) mass is 678 g/mol. The Labute approximate surface area is 267 Å². The largest absolute Gasteiger partial charge is 0.492 e. The molecule has 3 aromatic rings. The summed E-state index contributed by atoms with van der Waals surface area (Å²) in [5, 5.41) is 17.1. The van der Waals surface area contributed by atoms with Crippen LogP contribution in [0, 0.1) is 11.7 Å². The summed E-state index contributed by atoms with van der Waals surface area (Å²) >= 11 is 6.97. The molecule has 15 heteroatoms. The molecule has 0 spiro atoms. The van der Waals surface area contributed by atoms with Gasteiger partial charge in [0.2, 0.25) is 5.13 Å². The number of hydrogen-bond acceptors (Lipinski definition) is 7. The molecule has 1 N–H and O–H groups in total. The van der Waals surface area contributed by atoms with Crippen molar-refractivity contribution in [1.82, 2.24) is 15.1 Å². The zero-order valence-electron chi connectivity index (χ0n) is 23.8. The maximum atomic E-state index is 14.0. The molecule has 8 nitrogen and oxygen atoms in total. The maximum absolute atomic E-state index is 14.0. The van der Waals surface area contributed by atoms with E-state index in [2.05, 4.69) is 10.2 Å². The number of anilines is 1. The molecule has 1 fully saturated rings. The summed E-state index contributed by atoms with van der Waals surface area (Å²) in [6, 6.07) is 7.53. The van der Waals surface area contributed by atoms with Crippen LogP contribution in [0.5, 0.6) is 5.75 Å². The topological polar surface area (TPSA) is 95.9 Å². The van der Waals surface area contributed by atoms with Crippen molar-refractivity contribution in [2.75, 3.05) is 37.7 Å². The summed E-state index contributed by atoms with van der Waals surface area (Å²) in [4.78, 5) is 27.6. The van der Waals surface area contributed by atoms with Crippen molar-refractivity contribution in [3.05, 3.63) is 58.4 Å². The second-order valence-electron chi connectivity index (χ2n) is 10.2. The number of benzene rings is 2. The van der Waals surface area contributed by atoms with Crippen LogP contribution < -0.4 is 9.64 Å². The lowest BCUT2D eigenvalue weighted by Crippen LogP contribution is -2.37. The van der Waals surface area contributed by atoms with Crippen LogP contribution in [0.4, 0.5) is 22.7 Å². The normalized spacial score (nSPS) is 14.2. The average Bonchev–Trinajstić information content (AvgIpc) is 3.45. The smallest absolute Gasteiger partial charge is 0.419 e. The Morgan fingerprint density at radius 1 is 1.18 bits per heavy atom. The fourth-order valence-corrected chi connectivity index (χ4v) is 5.88. The highest BCUT2D eigenvalue weighted by Crippen LogP contribution is 2.40. The zero-order valence-corrected chi connectivity index (χ0v) is 26.2. The van der Waals surface area contributed by atoms with E-state index in [1.54, 1.807) is 0 Å². The van der Waals surface area contributed by atoms with Crippen LogP contribution in [0.3, 0.4) is 0 Å². The van der Waals surface area contributed by atoms with Gasteiger partial charge in [0.05, 0.1) is 16.1 Å². The quantitative estimate of drug-likeness (QED) is 0.199. The highest BCUT2D eigenvalue weighted by atomic mass is 35.5. The number of likely N-dealkylation sites (tertiary alicyclic amines) is 1. The van der Waals surface area contributed by atoms with Crippen molar-refractivity contribution >= 4 is 52.4 Å². The minimum absolute atomic E-state index is 0. The van der Waals surface area contributed by atoms with Gasteiger partial charge in [-0.2, -0.15) is 13.2 Å². The fraction of sp³-hybridized carbons (Fsp3) is 0.448. The lowest BCUT2D eigenvalue weighted by molar-refractivity contribution is -0.139. The Bertz CT molecular complexity index is 1430. The Balaban J connectivity index is 0.00000529. The minimum atomic E-state index is -4.70. The number of carbonyl (C=O) groups is 2. The highest BCUT2D eigenvalue weighted by Gasteiger charge is 2.35. The molecule has 0 bridgehead atoms. The van der Waals surface area contributed by atoms with Crippen molar-refractivity contribution in [2.45, 2.75) is 45.2 Å². The van der Waals surface area contributed by atoms with Crippen molar-refractivity contribution in [3.8, 4) is 16.3 Å². The van der Waals surface area contributed by atoms with Gasteiger partial charge in [0.25, 0.3) is 5.91 Å². The van der Waals surface area contributed by atoms with Gasteiger partial charge in [-0.15, -0.1) is 22.6 Å². The molecule has 44 heavy (non-hydrogen) atoms. The first kappa shape index (κ1) is 35.5. The van der Waals surface area contributed by atoms with Crippen molar-refractivity contribution in [1.29, 1.82) is 0 Å². The van der Waals surface area contributed by atoms with Crippen molar-refractivity contribution in [2.24, 2.45) is 5.92 Å². The third-order valence-electron chi connectivity index (χ3n) is 7.18. The molecule has 1 amide bonds. The molecule has 1 saturated heterocycles. The summed E-state index contributed by atoms with van der Waals surface area (Å²) in [5.41, 5.74) is -0.872. The van der Waals surface area contributed by atoms with Gasteiger partial charge in [0.1, 0.15) is 23.2 Å². The number of carboxylic acids is 1. The van der Waals surface area contributed by atoms with Gasteiger partial charge in [0, 0.05) is 25.1 Å². The fourth-order valence-electron chi connectivity index (χ4n) is 4.81. The minimum Gasteiger partial charge on any atom is -0.492 e. The molecule has 2 heterocycles. The summed E-state index contributed by atoms with van der Waals surface area (Å²) in [5.74, 6) is -2.38. The number of unbranched alkanes of at least 4 members (excludes halogenated alkanes) is 1. The Hall–Kier alpha value is -3.00. The Kier molecular flexibility index (Phi) is 12.8. The first-order chi connectivity index (χ1) is 20.5. The molecule has 1 aliphatic heterocycles. The highest BCUT2D eigenvalue weighted by molar-refractivity contribution is 7.18. The number of halogens is 6. The molecular weight excluding hydrogens is 647 g/mol. The predicted octanol–water partition coefficient (Wildman–Crippen LogP) is 7.45. The van der Waals surface area contributed by atoms with Crippen LogP contribution in [0.2, 0.25) is 5.02 Å². The number of amides is 1. The molecule has 0 radical (unpaired) electrons. The van der Waals surface area contributed by atoms with E-state index in [0.717, 1.165) is 42.7 Å². The van der Waals surface area contributed by atoms with Gasteiger partial charge in [-0.3, -0.25) is 19.4 Å². The molecule has 1 aromatic heterocycles. The van der Waals surface area contributed by atoms with E-state index >= 15 is 0 Å². The number of nitrogens with zero attached hydrogens (tertiary/aromatic N) is 4. The van der Waals surface area contributed by atoms with E-state index in [4.69, 9.17) is 21.4 Å². The molecule has 0 saturated carbocycles. The van der Waals surface area contributed by atoms with E-state index in [9.17, 15) is 27.2 Å². The number of alkyl halides is 3. The van der Waals surface area contributed by atoms with Gasteiger partial charge < -0.3 is 9.84 Å². The number of ether oxygens (including phenoxy) is 1. The Morgan fingerprint density at radius 2 is 1.91 bits per heavy atom. The van der Waals surface area contributed by atoms with Gasteiger partial charge in [-0.25, -0.2) is 4.39 Å². The van der Waals surface area contributed by atoms with Crippen molar-refractivity contribution < 1.29 is 37.0 Å². The van der Waals surface area contributed by atoms with Crippen LogP contribution in [0.15, 0.2) is 36.4 Å². The molecule has 2 aromatic carbocycles. The first-order valence-corrected chi connectivity index (χ1v) is 15.0. The number of aromatic nitrogens is 2. The van der Waals surface area contributed by atoms with E-state index in [-0.39, 0.29) is 69.9 Å². The van der Waals surface area contributed by atoms with Gasteiger partial charge >= 0.3 is 12.1 Å². The summed E-state index contributed by atoms with van der Waals surface area (Å²) in [7, 11) is 0. The Morgan fingerprint density at radius 3 is 2.57 bits per heavy atom. The number of hydrogen-bond donors (Lipinski definition) is 1. The number of aliphatic carboxylic acids is 1. The van der Waals surface area contributed by atoms with E-state index in [1.165, 1.54) is 29.2 Å². The molecular formula is C29H32Cl2F4N4O4S. The number of carboxylic acid groups (broad SMARTS) is 1.